The van der Waals surface area contributed by atoms with E-state index in [-0.39, 0.29) is 0 Å². The van der Waals surface area contributed by atoms with Crippen LogP contribution in [0.25, 0.3) is 0 Å². The van der Waals surface area contributed by atoms with Crippen LogP contribution in [0, 0.1) is 23.2 Å². The summed E-state index contributed by atoms with van der Waals surface area (Å²) in [5.41, 5.74) is 8.39. The smallest absolute Gasteiger partial charge is 0.133 e. The molecule has 25 heavy (non-hydrogen) atoms. The van der Waals surface area contributed by atoms with E-state index in [9.17, 15) is 5.26 Å². The molecular weight excluding hydrogens is 355 g/mol. The molecule has 2 atom stereocenters. The van der Waals surface area contributed by atoms with Crippen molar-refractivity contribution in [2.24, 2.45) is 11.8 Å². The summed E-state index contributed by atoms with van der Waals surface area (Å²) < 4.78 is 1.97. The minimum absolute atomic E-state index is 0.491. The SMILES string of the molecule is C[C@@H]1C[C@H](C)CN(c2c(N)cc(C#N)n2Cc2ccc(Cl)cc2Cl)C1. The molecule has 1 aromatic heterocycles. The Balaban J connectivity index is 2.02. The Morgan fingerprint density at radius 3 is 2.48 bits per heavy atom. The second-order valence-corrected chi connectivity index (χ2v) is 7.94. The fourth-order valence-electron chi connectivity index (χ4n) is 3.82. The summed E-state index contributed by atoms with van der Waals surface area (Å²) in [6.45, 7) is 6.89. The highest BCUT2D eigenvalue weighted by molar-refractivity contribution is 6.35. The zero-order valence-electron chi connectivity index (χ0n) is 14.5. The summed E-state index contributed by atoms with van der Waals surface area (Å²) in [6.07, 6.45) is 1.21. The van der Waals surface area contributed by atoms with Gasteiger partial charge in [0, 0.05) is 23.1 Å². The lowest BCUT2D eigenvalue weighted by Gasteiger charge is -2.37. The van der Waals surface area contributed by atoms with Crippen LogP contribution >= 0.6 is 23.2 Å². The maximum Gasteiger partial charge on any atom is 0.133 e. The molecule has 0 amide bonds. The minimum atomic E-state index is 0.491. The molecule has 1 saturated heterocycles. The first-order chi connectivity index (χ1) is 11.9. The molecule has 2 heterocycles. The number of piperidine rings is 1. The number of halogens is 2. The van der Waals surface area contributed by atoms with Crippen LogP contribution in [0.15, 0.2) is 24.3 Å². The van der Waals surface area contributed by atoms with Gasteiger partial charge >= 0.3 is 0 Å². The second-order valence-electron chi connectivity index (χ2n) is 7.09. The summed E-state index contributed by atoms with van der Waals surface area (Å²) >= 11 is 12.3. The van der Waals surface area contributed by atoms with E-state index >= 15 is 0 Å². The lowest BCUT2D eigenvalue weighted by molar-refractivity contribution is 0.353. The van der Waals surface area contributed by atoms with Crippen LogP contribution in [0.2, 0.25) is 10.0 Å². The number of nitriles is 1. The normalized spacial score (nSPS) is 20.5. The zero-order chi connectivity index (χ0) is 18.1. The largest absolute Gasteiger partial charge is 0.396 e. The van der Waals surface area contributed by atoms with Crippen LogP contribution < -0.4 is 10.6 Å². The third-order valence-corrected chi connectivity index (χ3v) is 5.31. The first-order valence-electron chi connectivity index (χ1n) is 8.47. The van der Waals surface area contributed by atoms with Crippen molar-refractivity contribution in [1.82, 2.24) is 4.57 Å². The van der Waals surface area contributed by atoms with Gasteiger partial charge in [0.1, 0.15) is 17.6 Å². The Kier molecular flexibility index (Phi) is 5.17. The third kappa shape index (κ3) is 3.73. The molecule has 0 unspecified atom stereocenters. The zero-order valence-corrected chi connectivity index (χ0v) is 16.0. The number of benzene rings is 1. The quantitative estimate of drug-likeness (QED) is 0.838. The van der Waals surface area contributed by atoms with Crippen LogP contribution in [0.5, 0.6) is 0 Å². The third-order valence-electron chi connectivity index (χ3n) is 4.72. The molecule has 1 aliphatic rings. The van der Waals surface area contributed by atoms with E-state index in [4.69, 9.17) is 28.9 Å². The highest BCUT2D eigenvalue weighted by Gasteiger charge is 2.27. The first kappa shape index (κ1) is 18.0. The number of hydrogen-bond donors (Lipinski definition) is 1. The molecule has 2 N–H and O–H groups in total. The molecule has 4 nitrogen and oxygen atoms in total. The Morgan fingerprint density at radius 1 is 1.20 bits per heavy atom. The Hall–Kier alpha value is -1.83. The van der Waals surface area contributed by atoms with Crippen LogP contribution in [-0.2, 0) is 6.54 Å². The highest BCUT2D eigenvalue weighted by Crippen LogP contribution is 2.34. The number of nitrogens with two attached hydrogens (primary N) is 1. The van der Waals surface area contributed by atoms with Crippen molar-refractivity contribution in [3.63, 3.8) is 0 Å². The predicted octanol–water partition coefficient (Wildman–Crippen LogP) is 4.78. The van der Waals surface area contributed by atoms with Crippen molar-refractivity contribution in [2.45, 2.75) is 26.8 Å². The Morgan fingerprint density at radius 2 is 1.88 bits per heavy atom. The molecule has 1 aromatic carbocycles. The lowest BCUT2D eigenvalue weighted by Crippen LogP contribution is -2.40. The number of aromatic nitrogens is 1. The monoisotopic (exact) mass is 376 g/mol. The number of nitrogen functional groups attached to an aromatic ring is 1. The van der Waals surface area contributed by atoms with Crippen molar-refractivity contribution in [2.75, 3.05) is 23.7 Å². The fourth-order valence-corrected chi connectivity index (χ4v) is 4.29. The molecule has 0 aliphatic carbocycles. The molecule has 6 heteroatoms. The van der Waals surface area contributed by atoms with Gasteiger partial charge in [-0.05, 0) is 42.0 Å². The highest BCUT2D eigenvalue weighted by atomic mass is 35.5. The minimum Gasteiger partial charge on any atom is -0.396 e. The standard InChI is InChI=1S/C19H22Cl2N4/c1-12-5-13(2)10-24(9-12)19-18(23)7-16(8-22)25(19)11-14-3-4-15(20)6-17(14)21/h3-4,6-7,12-13H,5,9-11,23H2,1-2H3/t12-,13+. The van der Waals surface area contributed by atoms with Crippen molar-refractivity contribution in [1.29, 1.82) is 5.26 Å². The van der Waals surface area contributed by atoms with Crippen LogP contribution in [0.4, 0.5) is 11.5 Å². The molecule has 2 aromatic rings. The molecule has 132 valence electrons. The van der Waals surface area contributed by atoms with E-state index in [0.717, 1.165) is 24.5 Å². The van der Waals surface area contributed by atoms with Crippen molar-refractivity contribution in [3.8, 4) is 6.07 Å². The molecule has 0 radical (unpaired) electrons. The van der Waals surface area contributed by atoms with E-state index in [1.807, 2.05) is 16.7 Å². The number of hydrogen-bond acceptors (Lipinski definition) is 3. The number of anilines is 2. The van der Waals surface area contributed by atoms with Gasteiger partial charge in [0.05, 0.1) is 12.2 Å². The summed E-state index contributed by atoms with van der Waals surface area (Å²) in [4.78, 5) is 2.30. The van der Waals surface area contributed by atoms with Gasteiger partial charge < -0.3 is 15.2 Å². The van der Waals surface area contributed by atoms with Crippen molar-refractivity contribution in [3.05, 3.63) is 45.6 Å². The fraction of sp³-hybridized carbons (Fsp3) is 0.421. The van der Waals surface area contributed by atoms with E-state index in [1.54, 1.807) is 12.1 Å². The first-order valence-corrected chi connectivity index (χ1v) is 9.22. The predicted molar refractivity (Wildman–Crippen MR) is 104 cm³/mol. The van der Waals surface area contributed by atoms with Gasteiger partial charge in [-0.2, -0.15) is 5.26 Å². The summed E-state index contributed by atoms with van der Waals surface area (Å²) in [5.74, 6) is 2.10. The maximum absolute atomic E-state index is 9.55. The average Bonchev–Trinajstić information content (AvgIpc) is 2.84. The molecule has 1 fully saturated rings. The molecular formula is C19H22Cl2N4. The Bertz CT molecular complexity index is 812. The van der Waals surface area contributed by atoms with Crippen LogP contribution in [-0.4, -0.2) is 17.7 Å². The van der Waals surface area contributed by atoms with E-state index in [2.05, 4.69) is 24.8 Å². The lowest BCUT2D eigenvalue weighted by atomic mass is 9.92. The average molecular weight is 377 g/mol. The van der Waals surface area contributed by atoms with Gasteiger partial charge in [0.25, 0.3) is 0 Å². The van der Waals surface area contributed by atoms with Gasteiger partial charge in [0.2, 0.25) is 0 Å². The van der Waals surface area contributed by atoms with Crippen molar-refractivity contribution >= 4 is 34.7 Å². The van der Waals surface area contributed by atoms with Crippen molar-refractivity contribution < 1.29 is 0 Å². The Labute approximate surface area is 158 Å². The van der Waals surface area contributed by atoms with Gasteiger partial charge in [-0.3, -0.25) is 0 Å². The molecule has 0 bridgehead atoms. The van der Waals surface area contributed by atoms with E-state index < -0.39 is 0 Å². The van der Waals surface area contributed by atoms with Gasteiger partial charge in [-0.25, -0.2) is 0 Å². The summed E-state index contributed by atoms with van der Waals surface area (Å²) in [6, 6.07) is 9.44. The van der Waals surface area contributed by atoms with Gasteiger partial charge in [0.15, 0.2) is 0 Å². The maximum atomic E-state index is 9.55. The second kappa shape index (κ2) is 7.19. The summed E-state index contributed by atoms with van der Waals surface area (Å²) in [7, 11) is 0. The number of rotatable bonds is 3. The molecule has 1 aliphatic heterocycles. The summed E-state index contributed by atoms with van der Waals surface area (Å²) in [5, 5.41) is 10.7. The van der Waals surface area contributed by atoms with Crippen LogP contribution in [0.3, 0.4) is 0 Å². The van der Waals surface area contributed by atoms with Gasteiger partial charge in [-0.1, -0.05) is 43.1 Å². The number of nitrogens with zero attached hydrogens (tertiary/aromatic N) is 3. The van der Waals surface area contributed by atoms with E-state index in [1.165, 1.54) is 6.42 Å². The molecule has 3 rings (SSSR count). The van der Waals surface area contributed by atoms with E-state index in [0.29, 0.717) is 39.8 Å². The van der Waals surface area contributed by atoms with Crippen LogP contribution in [0.1, 0.15) is 31.5 Å². The molecule has 0 saturated carbocycles. The van der Waals surface area contributed by atoms with Gasteiger partial charge in [-0.15, -0.1) is 0 Å². The molecule has 0 spiro atoms. The topological polar surface area (TPSA) is 58.0 Å².